The number of anilines is 3. The average molecular weight is 487 g/mol. The molecule has 0 aliphatic carbocycles. The molecule has 0 saturated carbocycles. The molecule has 0 saturated heterocycles. The second-order valence-electron chi connectivity index (χ2n) is 6.73. The van der Waals surface area contributed by atoms with Crippen molar-refractivity contribution in [1.29, 1.82) is 0 Å². The molecule has 4 aromatic rings. The van der Waals surface area contributed by atoms with Crippen molar-refractivity contribution >= 4 is 23.4 Å². The molecule has 0 bridgehead atoms. The molecule has 0 atom stereocenters. The molecule has 0 aliphatic heterocycles. The average Bonchev–Trinajstić information content (AvgIpc) is 2.80. The molecule has 180 valence electrons. The molecule has 0 aliphatic rings. The van der Waals surface area contributed by atoms with E-state index < -0.39 is 18.1 Å². The number of alkyl halides is 3. The smallest absolute Gasteiger partial charge is 0.475 e. The second kappa shape index (κ2) is 10.9. The van der Waals surface area contributed by atoms with Gasteiger partial charge in [-0.05, 0) is 30.3 Å². The Labute approximate surface area is 196 Å². The summed E-state index contributed by atoms with van der Waals surface area (Å²) in [6, 6.07) is 21.6. The minimum atomic E-state index is -5.08. The molecule has 12 heteroatoms. The molecule has 0 spiro atoms. The molecular formula is C23H17F4N5O3. The van der Waals surface area contributed by atoms with Gasteiger partial charge in [0.25, 0.3) is 0 Å². The van der Waals surface area contributed by atoms with Crippen molar-refractivity contribution in [3.63, 3.8) is 0 Å². The van der Waals surface area contributed by atoms with Crippen molar-refractivity contribution in [2.45, 2.75) is 6.18 Å². The third-order valence-electron chi connectivity index (χ3n) is 4.12. The van der Waals surface area contributed by atoms with E-state index in [-0.39, 0.29) is 5.95 Å². The molecular weight excluding hydrogens is 470 g/mol. The van der Waals surface area contributed by atoms with E-state index in [0.29, 0.717) is 17.3 Å². The zero-order valence-electron chi connectivity index (χ0n) is 17.7. The minimum absolute atomic E-state index is 0.184. The van der Waals surface area contributed by atoms with Crippen LogP contribution in [0.15, 0.2) is 79.0 Å². The van der Waals surface area contributed by atoms with Crippen molar-refractivity contribution in [1.82, 2.24) is 15.0 Å². The van der Waals surface area contributed by atoms with E-state index >= 15 is 0 Å². The van der Waals surface area contributed by atoms with Crippen molar-refractivity contribution in [2.75, 3.05) is 11.1 Å². The first-order valence-electron chi connectivity index (χ1n) is 9.77. The monoisotopic (exact) mass is 487 g/mol. The van der Waals surface area contributed by atoms with Crippen LogP contribution in [-0.4, -0.2) is 32.2 Å². The predicted molar refractivity (Wildman–Crippen MR) is 120 cm³/mol. The van der Waals surface area contributed by atoms with Gasteiger partial charge < -0.3 is 20.9 Å². The van der Waals surface area contributed by atoms with Crippen molar-refractivity contribution in [3.8, 4) is 22.8 Å². The number of aromatic nitrogens is 3. The number of hydrogen-bond acceptors (Lipinski definition) is 7. The van der Waals surface area contributed by atoms with Crippen LogP contribution in [0.1, 0.15) is 0 Å². The molecule has 4 N–H and O–H groups in total. The number of ether oxygens (including phenoxy) is 1. The molecule has 2 heterocycles. The number of nitrogens with one attached hydrogen (secondary N) is 1. The molecule has 0 unspecified atom stereocenters. The van der Waals surface area contributed by atoms with Crippen molar-refractivity contribution in [3.05, 3.63) is 84.9 Å². The van der Waals surface area contributed by atoms with Gasteiger partial charge in [0.15, 0.2) is 0 Å². The normalized spacial score (nSPS) is 10.6. The Hall–Kier alpha value is -4.74. The minimum Gasteiger partial charge on any atom is -0.475 e. The second-order valence-corrected chi connectivity index (χ2v) is 6.73. The van der Waals surface area contributed by atoms with Gasteiger partial charge in [-0.25, -0.2) is 14.8 Å². The fraction of sp³-hybridized carbons (Fsp3) is 0.0435. The maximum Gasteiger partial charge on any atom is 0.490 e. The van der Waals surface area contributed by atoms with Crippen LogP contribution in [0, 0.1) is 5.95 Å². The number of rotatable bonds is 5. The standard InChI is InChI=1S/C21H16FN5O.C2HF3O2/c22-19-12-17(10-11-24-19)28-16-8-6-15(7-9-16)25-20-13-18(26-21(23)27-20)14-4-2-1-3-5-14;3-2(4,5)1(6)7/h1-13H,(H3,23,25,26,27);(H,6,7). The fourth-order valence-electron chi connectivity index (χ4n) is 2.63. The third-order valence-corrected chi connectivity index (χ3v) is 4.12. The maximum absolute atomic E-state index is 13.1. The first-order valence-corrected chi connectivity index (χ1v) is 9.77. The van der Waals surface area contributed by atoms with Gasteiger partial charge in [0.1, 0.15) is 17.3 Å². The lowest BCUT2D eigenvalue weighted by Crippen LogP contribution is -2.21. The van der Waals surface area contributed by atoms with Crippen LogP contribution in [0.4, 0.5) is 35.0 Å². The molecule has 0 amide bonds. The van der Waals surface area contributed by atoms with Crippen molar-refractivity contribution in [2.24, 2.45) is 0 Å². The van der Waals surface area contributed by atoms with Gasteiger partial charge in [0, 0.05) is 29.6 Å². The number of halogens is 4. The molecule has 0 fully saturated rings. The van der Waals surface area contributed by atoms with E-state index in [1.165, 1.54) is 12.3 Å². The first-order chi connectivity index (χ1) is 16.6. The van der Waals surface area contributed by atoms with Crippen LogP contribution in [0.5, 0.6) is 11.5 Å². The Morgan fingerprint density at radius 2 is 1.60 bits per heavy atom. The predicted octanol–water partition coefficient (Wildman–Crippen LogP) is 5.43. The van der Waals surface area contributed by atoms with E-state index in [4.69, 9.17) is 20.4 Å². The molecule has 2 aromatic heterocycles. The Kier molecular flexibility index (Phi) is 7.77. The molecule has 2 aromatic carbocycles. The number of hydrogen-bond donors (Lipinski definition) is 3. The number of carboxylic acid groups (broad SMARTS) is 1. The fourth-order valence-corrected chi connectivity index (χ4v) is 2.63. The van der Waals surface area contributed by atoms with E-state index in [2.05, 4.69) is 20.3 Å². The summed E-state index contributed by atoms with van der Waals surface area (Å²) in [4.78, 5) is 20.9. The summed E-state index contributed by atoms with van der Waals surface area (Å²) in [5.74, 6) is -1.63. The summed E-state index contributed by atoms with van der Waals surface area (Å²) in [5.41, 5.74) is 8.33. The number of pyridine rings is 1. The van der Waals surface area contributed by atoms with E-state index in [0.717, 1.165) is 16.9 Å². The van der Waals surface area contributed by atoms with Crippen LogP contribution in [0.3, 0.4) is 0 Å². The number of carbonyl (C=O) groups is 1. The topological polar surface area (TPSA) is 123 Å². The van der Waals surface area contributed by atoms with Gasteiger partial charge in [0.05, 0.1) is 5.69 Å². The zero-order valence-corrected chi connectivity index (χ0v) is 17.7. The highest BCUT2D eigenvalue weighted by Crippen LogP contribution is 2.26. The van der Waals surface area contributed by atoms with Gasteiger partial charge in [-0.3, -0.25) is 0 Å². The lowest BCUT2D eigenvalue weighted by Gasteiger charge is -2.10. The highest BCUT2D eigenvalue weighted by molar-refractivity contribution is 5.73. The molecule has 35 heavy (non-hydrogen) atoms. The summed E-state index contributed by atoms with van der Waals surface area (Å²) in [6.07, 6.45) is -3.73. The number of benzene rings is 2. The molecule has 0 radical (unpaired) electrons. The number of carboxylic acids is 1. The van der Waals surface area contributed by atoms with Gasteiger partial charge in [-0.1, -0.05) is 30.3 Å². The van der Waals surface area contributed by atoms with Crippen LogP contribution < -0.4 is 15.8 Å². The first kappa shape index (κ1) is 24.9. The lowest BCUT2D eigenvalue weighted by atomic mass is 10.1. The Morgan fingerprint density at radius 3 is 2.20 bits per heavy atom. The molecule has 8 nitrogen and oxygen atoms in total. The van der Waals surface area contributed by atoms with E-state index in [1.54, 1.807) is 18.2 Å². The number of nitrogens with two attached hydrogens (primary N) is 1. The summed E-state index contributed by atoms with van der Waals surface area (Å²) in [7, 11) is 0. The Bertz CT molecular complexity index is 1290. The van der Waals surface area contributed by atoms with Crippen LogP contribution in [0.2, 0.25) is 0 Å². The van der Waals surface area contributed by atoms with Gasteiger partial charge in [-0.2, -0.15) is 22.5 Å². The quantitative estimate of drug-likeness (QED) is 0.252. The highest BCUT2D eigenvalue weighted by Gasteiger charge is 2.38. The number of nitrogen functional groups attached to an aromatic ring is 1. The largest absolute Gasteiger partial charge is 0.490 e. The maximum atomic E-state index is 13.1. The Balaban J connectivity index is 0.000000429. The molecule has 4 rings (SSSR count). The van der Waals surface area contributed by atoms with Gasteiger partial charge in [-0.15, -0.1) is 0 Å². The summed E-state index contributed by atoms with van der Waals surface area (Å²) >= 11 is 0. The summed E-state index contributed by atoms with van der Waals surface area (Å²) in [6.45, 7) is 0. The number of aliphatic carboxylic acids is 1. The summed E-state index contributed by atoms with van der Waals surface area (Å²) < 4.78 is 50.5. The van der Waals surface area contributed by atoms with Gasteiger partial charge >= 0.3 is 12.1 Å². The third kappa shape index (κ3) is 7.67. The highest BCUT2D eigenvalue weighted by atomic mass is 19.4. The van der Waals surface area contributed by atoms with Crippen molar-refractivity contribution < 1.29 is 32.2 Å². The van der Waals surface area contributed by atoms with Crippen LogP contribution in [-0.2, 0) is 4.79 Å². The Morgan fingerprint density at radius 1 is 0.943 bits per heavy atom. The SMILES string of the molecule is Nc1nc(Nc2ccc(Oc3ccnc(F)c3)cc2)cc(-c2ccccc2)n1.O=C(O)C(F)(F)F. The van der Waals surface area contributed by atoms with Gasteiger partial charge in [0.2, 0.25) is 11.9 Å². The van der Waals surface area contributed by atoms with Crippen LogP contribution >= 0.6 is 0 Å². The lowest BCUT2D eigenvalue weighted by molar-refractivity contribution is -0.192. The number of nitrogens with zero attached hydrogens (tertiary/aromatic N) is 3. The zero-order chi connectivity index (χ0) is 25.4. The van der Waals surface area contributed by atoms with E-state index in [1.807, 2.05) is 48.5 Å². The summed E-state index contributed by atoms with van der Waals surface area (Å²) in [5, 5.41) is 10.3. The van der Waals surface area contributed by atoms with Crippen LogP contribution in [0.25, 0.3) is 11.3 Å². The van der Waals surface area contributed by atoms with E-state index in [9.17, 15) is 17.6 Å².